The fraction of sp³-hybridized carbons (Fsp3) is 0.429. The third-order valence-electron chi connectivity index (χ3n) is 4.96. The molecule has 3 rings (SSSR count). The van der Waals surface area contributed by atoms with Crippen molar-refractivity contribution in [1.29, 1.82) is 0 Å². The maximum atomic E-state index is 12.9. The highest BCUT2D eigenvalue weighted by molar-refractivity contribution is 8.01. The number of thioether (sulfide) groups is 1. The van der Waals surface area contributed by atoms with Crippen LogP contribution in [-0.4, -0.2) is 22.2 Å². The number of amides is 1. The van der Waals surface area contributed by atoms with Crippen LogP contribution in [0.25, 0.3) is 0 Å². The molecule has 0 saturated heterocycles. The van der Waals surface area contributed by atoms with E-state index >= 15 is 0 Å². The van der Waals surface area contributed by atoms with Crippen molar-refractivity contribution < 1.29 is 18.0 Å². The van der Waals surface area contributed by atoms with Crippen molar-refractivity contribution in [2.75, 3.05) is 6.54 Å². The van der Waals surface area contributed by atoms with E-state index in [0.717, 1.165) is 37.9 Å². The smallest absolute Gasteiger partial charge is 0.355 e. The molecule has 0 bridgehead atoms. The summed E-state index contributed by atoms with van der Waals surface area (Å²) in [6.45, 7) is 0.580. The molecule has 1 amide bonds. The van der Waals surface area contributed by atoms with Gasteiger partial charge in [0.1, 0.15) is 4.75 Å². The van der Waals surface area contributed by atoms with E-state index in [9.17, 15) is 18.0 Å². The second kappa shape index (κ2) is 8.99. The summed E-state index contributed by atoms with van der Waals surface area (Å²) in [4.78, 5) is 16.8. The lowest BCUT2D eigenvalue weighted by atomic mass is 10.1. The maximum Gasteiger partial charge on any atom is 0.417 e. The van der Waals surface area contributed by atoms with Crippen molar-refractivity contribution in [3.05, 3.63) is 59.8 Å². The van der Waals surface area contributed by atoms with Gasteiger partial charge in [-0.1, -0.05) is 54.9 Å². The predicted octanol–water partition coefficient (Wildman–Crippen LogP) is 5.25. The molecule has 0 radical (unpaired) electrons. The van der Waals surface area contributed by atoms with E-state index in [0.29, 0.717) is 24.4 Å². The number of rotatable bonds is 7. The highest BCUT2D eigenvalue weighted by Crippen LogP contribution is 2.45. The first-order valence-corrected chi connectivity index (χ1v) is 10.3. The molecule has 0 unspecified atom stereocenters. The molecule has 2 aromatic rings. The average molecular weight is 408 g/mol. The Hall–Kier alpha value is -2.02. The normalized spacial score (nSPS) is 16.1. The standard InChI is InChI=1S/C21H23F3N2OS/c22-21(23,24)17-10-11-18(26-15-17)28-20(12-4-5-13-20)19(27)25-14-6-9-16-7-2-1-3-8-16/h1-3,7-8,10-11,15H,4-6,9,12-14H2,(H,25,27). The van der Waals surface area contributed by atoms with Gasteiger partial charge in [0.05, 0.1) is 10.6 Å². The molecule has 0 aliphatic heterocycles. The van der Waals surface area contributed by atoms with E-state index in [2.05, 4.69) is 22.4 Å². The number of aromatic nitrogens is 1. The van der Waals surface area contributed by atoms with Gasteiger partial charge in [0, 0.05) is 12.7 Å². The molecule has 150 valence electrons. The van der Waals surface area contributed by atoms with Crippen LogP contribution in [0.1, 0.15) is 43.2 Å². The van der Waals surface area contributed by atoms with Crippen molar-refractivity contribution in [2.24, 2.45) is 0 Å². The summed E-state index contributed by atoms with van der Waals surface area (Å²) in [5.74, 6) is -0.0373. The number of aryl methyl sites for hydroxylation is 1. The van der Waals surface area contributed by atoms with Crippen LogP contribution in [-0.2, 0) is 17.4 Å². The molecule has 1 heterocycles. The molecule has 1 N–H and O–H groups in total. The van der Waals surface area contributed by atoms with Gasteiger partial charge in [-0.25, -0.2) is 4.98 Å². The number of carbonyl (C=O) groups is 1. The molecule has 1 aromatic heterocycles. The zero-order valence-corrected chi connectivity index (χ0v) is 16.3. The summed E-state index contributed by atoms with van der Waals surface area (Å²) >= 11 is 1.29. The first-order chi connectivity index (χ1) is 13.4. The Labute approximate surface area is 167 Å². The number of nitrogens with zero attached hydrogens (tertiary/aromatic N) is 1. The Morgan fingerprint density at radius 3 is 2.43 bits per heavy atom. The van der Waals surface area contributed by atoms with E-state index in [-0.39, 0.29) is 5.91 Å². The summed E-state index contributed by atoms with van der Waals surface area (Å²) in [6, 6.07) is 12.5. The zero-order chi connectivity index (χ0) is 20.0. The Kier molecular flexibility index (Phi) is 6.65. The van der Waals surface area contributed by atoms with Gasteiger partial charge in [-0.15, -0.1) is 0 Å². The van der Waals surface area contributed by atoms with Crippen LogP contribution in [0.15, 0.2) is 53.7 Å². The first kappa shape index (κ1) is 20.7. The van der Waals surface area contributed by atoms with Gasteiger partial charge >= 0.3 is 6.18 Å². The predicted molar refractivity (Wildman–Crippen MR) is 104 cm³/mol. The number of alkyl halides is 3. The van der Waals surface area contributed by atoms with E-state index in [1.807, 2.05) is 18.2 Å². The van der Waals surface area contributed by atoms with E-state index in [1.54, 1.807) is 0 Å². The van der Waals surface area contributed by atoms with Crippen LogP contribution in [0.2, 0.25) is 0 Å². The Morgan fingerprint density at radius 1 is 1.11 bits per heavy atom. The molecule has 1 saturated carbocycles. The quantitative estimate of drug-likeness (QED) is 0.636. The molecule has 0 atom stereocenters. The Bertz CT molecular complexity index is 772. The van der Waals surface area contributed by atoms with Gasteiger partial charge in [0.25, 0.3) is 0 Å². The minimum atomic E-state index is -4.41. The second-order valence-electron chi connectivity index (χ2n) is 7.03. The van der Waals surface area contributed by atoms with Crippen LogP contribution in [0.4, 0.5) is 13.2 Å². The summed E-state index contributed by atoms with van der Waals surface area (Å²) < 4.78 is 37.5. The number of hydrogen-bond acceptors (Lipinski definition) is 3. The lowest BCUT2D eigenvalue weighted by molar-refractivity contribution is -0.137. The molecule has 1 aliphatic rings. The van der Waals surface area contributed by atoms with Gasteiger partial charge in [-0.3, -0.25) is 4.79 Å². The number of halogens is 3. The largest absolute Gasteiger partial charge is 0.417 e. The topological polar surface area (TPSA) is 42.0 Å². The van der Waals surface area contributed by atoms with E-state index in [1.165, 1.54) is 23.4 Å². The number of hydrogen-bond donors (Lipinski definition) is 1. The molecule has 7 heteroatoms. The van der Waals surface area contributed by atoms with Crippen molar-refractivity contribution in [2.45, 2.75) is 54.5 Å². The zero-order valence-electron chi connectivity index (χ0n) is 15.5. The molecule has 0 spiro atoms. The molecular formula is C21H23F3N2OS. The third kappa shape index (κ3) is 5.28. The SMILES string of the molecule is O=C(NCCCc1ccccc1)C1(Sc2ccc(C(F)(F)F)cn2)CCCC1. The molecular weight excluding hydrogens is 385 g/mol. The van der Waals surface area contributed by atoms with Crippen LogP contribution < -0.4 is 5.32 Å². The number of benzene rings is 1. The second-order valence-corrected chi connectivity index (χ2v) is 8.44. The van der Waals surface area contributed by atoms with Gasteiger partial charge in [-0.2, -0.15) is 13.2 Å². The lowest BCUT2D eigenvalue weighted by Gasteiger charge is -2.26. The molecule has 28 heavy (non-hydrogen) atoms. The van der Waals surface area contributed by atoms with Gasteiger partial charge in [-0.05, 0) is 43.4 Å². The lowest BCUT2D eigenvalue weighted by Crippen LogP contribution is -2.42. The van der Waals surface area contributed by atoms with Gasteiger partial charge in [0.15, 0.2) is 0 Å². The first-order valence-electron chi connectivity index (χ1n) is 9.44. The number of pyridine rings is 1. The minimum absolute atomic E-state index is 0.0373. The Morgan fingerprint density at radius 2 is 1.82 bits per heavy atom. The summed E-state index contributed by atoms with van der Waals surface area (Å²) in [5.41, 5.74) is 0.457. The van der Waals surface area contributed by atoms with Crippen LogP contribution in [0.3, 0.4) is 0 Å². The van der Waals surface area contributed by atoms with Crippen molar-refractivity contribution in [3.63, 3.8) is 0 Å². The van der Waals surface area contributed by atoms with Gasteiger partial charge < -0.3 is 5.32 Å². The average Bonchev–Trinajstić information content (AvgIpc) is 3.15. The highest BCUT2D eigenvalue weighted by Gasteiger charge is 2.42. The fourth-order valence-electron chi connectivity index (χ4n) is 3.43. The third-order valence-corrected chi connectivity index (χ3v) is 6.39. The Balaban J connectivity index is 1.57. The van der Waals surface area contributed by atoms with E-state index in [4.69, 9.17) is 0 Å². The summed E-state index contributed by atoms with van der Waals surface area (Å²) in [6.07, 6.45) is 1.46. The fourth-order valence-corrected chi connectivity index (χ4v) is 4.73. The van der Waals surface area contributed by atoms with Crippen LogP contribution in [0, 0.1) is 0 Å². The van der Waals surface area contributed by atoms with Crippen molar-refractivity contribution in [1.82, 2.24) is 10.3 Å². The monoisotopic (exact) mass is 408 g/mol. The van der Waals surface area contributed by atoms with Crippen molar-refractivity contribution in [3.8, 4) is 0 Å². The number of carbonyl (C=O) groups excluding carboxylic acids is 1. The molecule has 1 aromatic carbocycles. The molecule has 1 fully saturated rings. The summed E-state index contributed by atoms with van der Waals surface area (Å²) in [5, 5.41) is 3.48. The molecule has 1 aliphatic carbocycles. The minimum Gasteiger partial charge on any atom is -0.355 e. The highest BCUT2D eigenvalue weighted by atomic mass is 32.2. The van der Waals surface area contributed by atoms with Gasteiger partial charge in [0.2, 0.25) is 5.91 Å². The maximum absolute atomic E-state index is 12.9. The van der Waals surface area contributed by atoms with Crippen molar-refractivity contribution >= 4 is 17.7 Å². The van der Waals surface area contributed by atoms with Crippen LogP contribution in [0.5, 0.6) is 0 Å². The van der Waals surface area contributed by atoms with Crippen LogP contribution >= 0.6 is 11.8 Å². The van der Waals surface area contributed by atoms with E-state index < -0.39 is 16.5 Å². The summed E-state index contributed by atoms with van der Waals surface area (Å²) in [7, 11) is 0. The molecule has 3 nitrogen and oxygen atoms in total. The number of nitrogens with one attached hydrogen (secondary N) is 1.